The molecule has 1 saturated heterocycles. The molecule has 6 nitrogen and oxygen atoms in total. The molecule has 3 rings (SSSR count). The number of benzene rings is 1. The second-order valence-corrected chi connectivity index (χ2v) is 7.87. The monoisotopic (exact) mass is 391 g/mol. The number of rotatable bonds is 6. The van der Waals surface area contributed by atoms with Crippen molar-refractivity contribution in [2.24, 2.45) is 0 Å². The van der Waals surface area contributed by atoms with Crippen LogP contribution in [-0.2, 0) is 22.6 Å². The number of amides is 4. The minimum absolute atomic E-state index is 0.272. The zero-order chi connectivity index (χ0) is 18.7. The van der Waals surface area contributed by atoms with Gasteiger partial charge in [0, 0.05) is 18.3 Å². The summed E-state index contributed by atoms with van der Waals surface area (Å²) in [5, 5.41) is 2.65. The highest BCUT2D eigenvalue weighted by Crippen LogP contribution is 2.22. The number of carbonyl (C=O) groups excluding carboxylic acids is 3. The number of thiophene rings is 1. The van der Waals surface area contributed by atoms with Gasteiger partial charge < -0.3 is 10.2 Å². The van der Waals surface area contributed by atoms with Gasteiger partial charge in [0.05, 0.1) is 10.9 Å². The first-order chi connectivity index (χ1) is 12.4. The summed E-state index contributed by atoms with van der Waals surface area (Å²) in [6, 6.07) is 11.9. The average molecular weight is 392 g/mol. The first kappa shape index (κ1) is 18.4. The highest BCUT2D eigenvalue weighted by molar-refractivity contribution is 7.16. The number of hydrogen-bond donors (Lipinski definition) is 1. The number of hydrogen-bond acceptors (Lipinski definition) is 4. The fourth-order valence-corrected chi connectivity index (χ4v) is 3.87. The number of carbonyl (C=O) groups is 3. The SMILES string of the molecule is CN(Cc1ccc(Cl)s1)C(=O)CN1C(=O)N[C@H](Cc2ccccc2)C1=O. The average Bonchev–Trinajstić information content (AvgIpc) is 3.13. The van der Waals surface area contributed by atoms with Gasteiger partial charge in [-0.2, -0.15) is 0 Å². The third-order valence-corrected chi connectivity index (χ3v) is 5.35. The van der Waals surface area contributed by atoms with Gasteiger partial charge in [0.25, 0.3) is 5.91 Å². The van der Waals surface area contributed by atoms with Crippen molar-refractivity contribution < 1.29 is 14.4 Å². The van der Waals surface area contributed by atoms with Crippen molar-refractivity contribution in [1.82, 2.24) is 15.1 Å². The van der Waals surface area contributed by atoms with Gasteiger partial charge in [0.1, 0.15) is 12.6 Å². The number of nitrogens with one attached hydrogen (secondary N) is 1. The maximum Gasteiger partial charge on any atom is 0.325 e. The molecule has 0 saturated carbocycles. The molecule has 4 amide bonds. The van der Waals surface area contributed by atoms with Crippen LogP contribution < -0.4 is 5.32 Å². The summed E-state index contributed by atoms with van der Waals surface area (Å²) in [6.45, 7) is 0.110. The molecule has 1 aromatic heterocycles. The van der Waals surface area contributed by atoms with Gasteiger partial charge in [-0.15, -0.1) is 11.3 Å². The van der Waals surface area contributed by atoms with Gasteiger partial charge in [-0.3, -0.25) is 14.5 Å². The Kier molecular flexibility index (Phi) is 5.58. The lowest BCUT2D eigenvalue weighted by Crippen LogP contribution is -2.41. The zero-order valence-corrected chi connectivity index (χ0v) is 15.7. The molecule has 0 aliphatic carbocycles. The van der Waals surface area contributed by atoms with Crippen molar-refractivity contribution in [1.29, 1.82) is 0 Å². The summed E-state index contributed by atoms with van der Waals surface area (Å²) in [6.07, 6.45) is 0.402. The quantitative estimate of drug-likeness (QED) is 0.769. The van der Waals surface area contributed by atoms with E-state index < -0.39 is 12.1 Å². The van der Waals surface area contributed by atoms with Crippen LogP contribution in [0.25, 0.3) is 0 Å². The van der Waals surface area contributed by atoms with Crippen LogP contribution >= 0.6 is 22.9 Å². The third-order valence-electron chi connectivity index (χ3n) is 4.13. The van der Waals surface area contributed by atoms with Crippen molar-refractivity contribution in [3.05, 3.63) is 57.2 Å². The van der Waals surface area contributed by atoms with Gasteiger partial charge in [0.2, 0.25) is 5.91 Å². The van der Waals surface area contributed by atoms with Crippen LogP contribution in [0.3, 0.4) is 0 Å². The van der Waals surface area contributed by atoms with E-state index >= 15 is 0 Å². The smallest absolute Gasteiger partial charge is 0.325 e. The van der Waals surface area contributed by atoms with E-state index in [-0.39, 0.29) is 18.4 Å². The number of halogens is 1. The Morgan fingerprint density at radius 1 is 1.23 bits per heavy atom. The van der Waals surface area contributed by atoms with Crippen LogP contribution in [0, 0.1) is 0 Å². The Balaban J connectivity index is 1.59. The van der Waals surface area contributed by atoms with Crippen LogP contribution in [0.1, 0.15) is 10.4 Å². The fourth-order valence-electron chi connectivity index (χ4n) is 2.73. The lowest BCUT2D eigenvalue weighted by Gasteiger charge is -2.19. The van der Waals surface area contributed by atoms with E-state index in [0.29, 0.717) is 17.3 Å². The molecular weight excluding hydrogens is 374 g/mol. The molecule has 1 aliphatic rings. The minimum atomic E-state index is -0.640. The van der Waals surface area contributed by atoms with E-state index in [2.05, 4.69) is 5.32 Å². The van der Waals surface area contributed by atoms with Crippen molar-refractivity contribution in [3.63, 3.8) is 0 Å². The van der Waals surface area contributed by atoms with Crippen molar-refractivity contribution in [2.75, 3.05) is 13.6 Å². The lowest BCUT2D eigenvalue weighted by atomic mass is 10.1. The topological polar surface area (TPSA) is 69.7 Å². The predicted molar refractivity (Wildman–Crippen MR) is 100.0 cm³/mol. The molecular formula is C18H18ClN3O3S. The van der Waals surface area contributed by atoms with E-state index in [1.54, 1.807) is 13.1 Å². The molecule has 0 spiro atoms. The number of likely N-dealkylation sites (N-methyl/N-ethyl adjacent to an activating group) is 1. The van der Waals surface area contributed by atoms with E-state index in [9.17, 15) is 14.4 Å². The molecule has 2 heterocycles. The maximum absolute atomic E-state index is 12.5. The van der Waals surface area contributed by atoms with E-state index in [0.717, 1.165) is 15.3 Å². The Bertz CT molecular complexity index is 824. The molecule has 1 aromatic carbocycles. The highest BCUT2D eigenvalue weighted by Gasteiger charge is 2.39. The molecule has 0 bridgehead atoms. The highest BCUT2D eigenvalue weighted by atomic mass is 35.5. The molecule has 8 heteroatoms. The van der Waals surface area contributed by atoms with Crippen molar-refractivity contribution >= 4 is 40.8 Å². The van der Waals surface area contributed by atoms with E-state index in [1.807, 2.05) is 36.4 Å². The summed E-state index contributed by atoms with van der Waals surface area (Å²) < 4.78 is 0.652. The number of urea groups is 1. The second kappa shape index (κ2) is 7.88. The van der Waals surface area contributed by atoms with Gasteiger partial charge in [-0.05, 0) is 17.7 Å². The Morgan fingerprint density at radius 3 is 2.62 bits per heavy atom. The van der Waals surface area contributed by atoms with Gasteiger partial charge in [-0.25, -0.2) is 4.79 Å². The zero-order valence-electron chi connectivity index (χ0n) is 14.1. The van der Waals surface area contributed by atoms with Crippen molar-refractivity contribution in [2.45, 2.75) is 19.0 Å². The molecule has 1 fully saturated rings. The Morgan fingerprint density at radius 2 is 1.96 bits per heavy atom. The van der Waals surface area contributed by atoms with E-state index in [1.165, 1.54) is 16.2 Å². The molecule has 1 aliphatic heterocycles. The normalized spacial score (nSPS) is 16.7. The lowest BCUT2D eigenvalue weighted by molar-refractivity contribution is -0.136. The predicted octanol–water partition coefficient (Wildman–Crippen LogP) is 2.52. The largest absolute Gasteiger partial charge is 0.339 e. The number of imide groups is 1. The summed E-state index contributed by atoms with van der Waals surface area (Å²) >= 11 is 7.28. The maximum atomic E-state index is 12.5. The summed E-state index contributed by atoms with van der Waals surface area (Å²) in [7, 11) is 1.63. The van der Waals surface area contributed by atoms with Gasteiger partial charge >= 0.3 is 6.03 Å². The molecule has 2 aromatic rings. The van der Waals surface area contributed by atoms with Gasteiger partial charge in [-0.1, -0.05) is 41.9 Å². The Labute approximate surface area is 160 Å². The first-order valence-electron chi connectivity index (χ1n) is 8.08. The van der Waals surface area contributed by atoms with Crippen LogP contribution in [0.2, 0.25) is 4.34 Å². The fraction of sp³-hybridized carbons (Fsp3) is 0.278. The van der Waals surface area contributed by atoms with Crippen LogP contribution in [-0.4, -0.2) is 47.3 Å². The summed E-state index contributed by atoms with van der Waals surface area (Å²) in [5.74, 6) is -0.682. The molecule has 0 radical (unpaired) electrons. The molecule has 1 N–H and O–H groups in total. The van der Waals surface area contributed by atoms with Crippen LogP contribution in [0.15, 0.2) is 42.5 Å². The molecule has 1 atom stereocenters. The summed E-state index contributed by atoms with van der Waals surface area (Å²) in [5.41, 5.74) is 0.950. The Hall–Kier alpha value is -2.38. The first-order valence-corrected chi connectivity index (χ1v) is 9.27. The molecule has 26 heavy (non-hydrogen) atoms. The van der Waals surface area contributed by atoms with E-state index in [4.69, 9.17) is 11.6 Å². The van der Waals surface area contributed by atoms with Crippen molar-refractivity contribution in [3.8, 4) is 0 Å². The van der Waals surface area contributed by atoms with Crippen LogP contribution in [0.4, 0.5) is 4.79 Å². The summed E-state index contributed by atoms with van der Waals surface area (Å²) in [4.78, 5) is 40.4. The second-order valence-electron chi connectivity index (χ2n) is 6.07. The molecule has 136 valence electrons. The third kappa shape index (κ3) is 4.23. The van der Waals surface area contributed by atoms with Crippen LogP contribution in [0.5, 0.6) is 0 Å². The minimum Gasteiger partial charge on any atom is -0.339 e. The standard InChI is InChI=1S/C18H18ClN3O3S/c1-21(10-13-7-8-15(19)26-13)16(23)11-22-17(24)14(20-18(22)25)9-12-5-3-2-4-6-12/h2-8,14H,9-11H2,1H3,(H,20,25)/t14-/m1/s1. The van der Waals surface area contributed by atoms with Gasteiger partial charge in [0.15, 0.2) is 0 Å². The number of nitrogens with zero attached hydrogens (tertiary/aromatic N) is 2. The molecule has 0 unspecified atom stereocenters.